The van der Waals surface area contributed by atoms with E-state index < -0.39 is 12.0 Å². The number of fused-ring (bicyclic) bond motifs is 2. The van der Waals surface area contributed by atoms with Crippen molar-refractivity contribution in [3.05, 3.63) is 90.2 Å². The van der Waals surface area contributed by atoms with Crippen LogP contribution in [-0.4, -0.2) is 35.8 Å². The molecule has 1 unspecified atom stereocenters. The third kappa shape index (κ3) is 4.32. The number of nitrogens with one attached hydrogen (secondary N) is 1. The summed E-state index contributed by atoms with van der Waals surface area (Å²) in [5.41, 5.74) is 4.21. The van der Waals surface area contributed by atoms with Crippen molar-refractivity contribution in [3.8, 4) is 11.5 Å². The van der Waals surface area contributed by atoms with Gasteiger partial charge < -0.3 is 19.2 Å². The number of ether oxygens (including phenoxy) is 3. The van der Waals surface area contributed by atoms with E-state index in [4.69, 9.17) is 14.2 Å². The molecule has 0 bridgehead atoms. The fraction of sp³-hybridized carbons (Fsp3) is 0.276. The third-order valence-corrected chi connectivity index (χ3v) is 7.58. The number of esters is 1. The molecule has 0 fully saturated rings. The van der Waals surface area contributed by atoms with Crippen molar-refractivity contribution >= 4 is 34.3 Å². The van der Waals surface area contributed by atoms with E-state index in [0.29, 0.717) is 44.3 Å². The number of allylic oxidation sites excluding steroid dienone is 1. The summed E-state index contributed by atoms with van der Waals surface area (Å²) < 4.78 is 18.7. The molecule has 38 heavy (non-hydrogen) atoms. The van der Waals surface area contributed by atoms with E-state index in [9.17, 15) is 9.59 Å². The maximum atomic E-state index is 13.9. The molecule has 1 aliphatic rings. The van der Waals surface area contributed by atoms with E-state index in [1.807, 2.05) is 50.3 Å². The fourth-order valence-electron chi connectivity index (χ4n) is 4.82. The number of benzene rings is 2. The first kappa shape index (κ1) is 25.5. The van der Waals surface area contributed by atoms with Crippen LogP contribution in [0.4, 0.5) is 0 Å². The first-order valence-electron chi connectivity index (χ1n) is 12.5. The van der Waals surface area contributed by atoms with Gasteiger partial charge in [-0.3, -0.25) is 9.36 Å². The second-order valence-corrected chi connectivity index (χ2v) is 9.86. The molecule has 0 saturated heterocycles. The van der Waals surface area contributed by atoms with Gasteiger partial charge in [-0.15, -0.1) is 0 Å². The lowest BCUT2D eigenvalue weighted by Gasteiger charge is -2.25. The standard InChI is InChI=1S/C29H29N3O5S/c1-6-36-23-14-18(12-13-22(23)35-5)26-25(28(34)37-7-2)17(4)30-29-32(26)27(33)24(38-29)15-21-16(3)19-10-8-9-11-20(19)31-21/h8-15,26,31H,6-7H2,1-5H3/b24-15+. The Kier molecular flexibility index (Phi) is 6.94. The molecule has 1 aliphatic heterocycles. The number of aromatic amines is 1. The number of methoxy groups -OCH3 is 1. The number of rotatable bonds is 7. The molecule has 1 atom stereocenters. The van der Waals surface area contributed by atoms with Gasteiger partial charge in [0.1, 0.15) is 0 Å². The van der Waals surface area contributed by atoms with Gasteiger partial charge in [0.15, 0.2) is 16.3 Å². The Hall–Kier alpha value is -4.11. The van der Waals surface area contributed by atoms with Crippen LogP contribution in [0.25, 0.3) is 17.0 Å². The van der Waals surface area contributed by atoms with E-state index in [-0.39, 0.29) is 12.2 Å². The van der Waals surface area contributed by atoms with Gasteiger partial charge in [-0.1, -0.05) is 35.6 Å². The molecule has 0 spiro atoms. The minimum Gasteiger partial charge on any atom is -0.493 e. The lowest BCUT2D eigenvalue weighted by molar-refractivity contribution is -0.139. The minimum absolute atomic E-state index is 0.208. The summed E-state index contributed by atoms with van der Waals surface area (Å²) in [6.07, 6.45) is 1.86. The molecule has 1 N–H and O–H groups in total. The number of para-hydroxylation sites is 1. The molecule has 0 radical (unpaired) electrons. The van der Waals surface area contributed by atoms with Gasteiger partial charge in [-0.05, 0) is 63.1 Å². The predicted molar refractivity (Wildman–Crippen MR) is 148 cm³/mol. The van der Waals surface area contributed by atoms with Crippen molar-refractivity contribution in [2.24, 2.45) is 4.99 Å². The summed E-state index contributed by atoms with van der Waals surface area (Å²) >= 11 is 1.29. The molecule has 2 aromatic heterocycles. The van der Waals surface area contributed by atoms with Crippen LogP contribution in [0.1, 0.15) is 43.6 Å². The monoisotopic (exact) mass is 531 g/mol. The molecule has 0 aliphatic carbocycles. The zero-order chi connectivity index (χ0) is 27.0. The summed E-state index contributed by atoms with van der Waals surface area (Å²) in [7, 11) is 1.57. The van der Waals surface area contributed by atoms with Crippen molar-refractivity contribution in [3.63, 3.8) is 0 Å². The number of aryl methyl sites for hydroxylation is 1. The van der Waals surface area contributed by atoms with E-state index in [1.165, 1.54) is 11.3 Å². The predicted octanol–water partition coefficient (Wildman–Crippen LogP) is 4.00. The molecule has 0 saturated carbocycles. The van der Waals surface area contributed by atoms with Crippen LogP contribution in [0.2, 0.25) is 0 Å². The Morgan fingerprint density at radius 3 is 2.63 bits per heavy atom. The molecule has 3 heterocycles. The molecule has 5 rings (SSSR count). The number of thiazole rings is 1. The highest BCUT2D eigenvalue weighted by atomic mass is 32.1. The molecular formula is C29H29N3O5S. The van der Waals surface area contributed by atoms with Crippen molar-refractivity contribution < 1.29 is 19.0 Å². The Labute approximate surface area is 223 Å². The summed E-state index contributed by atoms with van der Waals surface area (Å²) in [6, 6.07) is 12.7. The van der Waals surface area contributed by atoms with Gasteiger partial charge in [0.2, 0.25) is 0 Å². The second kappa shape index (κ2) is 10.3. The van der Waals surface area contributed by atoms with Crippen molar-refractivity contribution in [1.29, 1.82) is 0 Å². The van der Waals surface area contributed by atoms with E-state index in [2.05, 4.69) is 16.0 Å². The number of hydrogen-bond donors (Lipinski definition) is 1. The van der Waals surface area contributed by atoms with Crippen LogP contribution < -0.4 is 24.4 Å². The largest absolute Gasteiger partial charge is 0.493 e. The quantitative estimate of drug-likeness (QED) is 0.364. The maximum Gasteiger partial charge on any atom is 0.338 e. The number of H-pyrrole nitrogens is 1. The maximum absolute atomic E-state index is 13.9. The number of aromatic nitrogens is 2. The van der Waals surface area contributed by atoms with Gasteiger partial charge in [0.25, 0.3) is 5.56 Å². The Morgan fingerprint density at radius 2 is 1.92 bits per heavy atom. The first-order chi connectivity index (χ1) is 18.4. The fourth-order valence-corrected chi connectivity index (χ4v) is 5.85. The van der Waals surface area contributed by atoms with Crippen molar-refractivity contribution in [1.82, 2.24) is 9.55 Å². The van der Waals surface area contributed by atoms with E-state index in [0.717, 1.165) is 22.2 Å². The van der Waals surface area contributed by atoms with Crippen LogP contribution in [0, 0.1) is 6.92 Å². The molecule has 9 heteroatoms. The Balaban J connectivity index is 1.74. The molecular weight excluding hydrogens is 502 g/mol. The highest BCUT2D eigenvalue weighted by molar-refractivity contribution is 7.07. The van der Waals surface area contributed by atoms with Gasteiger partial charge in [-0.25, -0.2) is 9.79 Å². The number of nitrogens with zero attached hydrogens (tertiary/aromatic N) is 2. The van der Waals surface area contributed by atoms with Gasteiger partial charge in [0.05, 0.1) is 42.2 Å². The average Bonchev–Trinajstić information content (AvgIpc) is 3.39. The van der Waals surface area contributed by atoms with Crippen molar-refractivity contribution in [2.45, 2.75) is 33.7 Å². The van der Waals surface area contributed by atoms with E-state index in [1.54, 1.807) is 31.6 Å². The lowest BCUT2D eigenvalue weighted by atomic mass is 9.95. The first-order valence-corrected chi connectivity index (χ1v) is 13.3. The molecule has 2 aromatic carbocycles. The summed E-state index contributed by atoms with van der Waals surface area (Å²) in [5, 5.41) is 1.10. The number of carbonyl (C=O) groups is 1. The van der Waals surface area contributed by atoms with Crippen molar-refractivity contribution in [2.75, 3.05) is 20.3 Å². The SMILES string of the molecule is CCOC(=O)C1=C(C)N=c2s/c(=C/c3[nH]c4ccccc4c3C)c(=O)n2C1c1ccc(OC)c(OCC)c1. The minimum atomic E-state index is -0.735. The van der Waals surface area contributed by atoms with E-state index >= 15 is 0 Å². The lowest BCUT2D eigenvalue weighted by Crippen LogP contribution is -2.40. The molecule has 196 valence electrons. The van der Waals surface area contributed by atoms with Crippen LogP contribution in [0.3, 0.4) is 0 Å². The van der Waals surface area contributed by atoms with Gasteiger partial charge in [0, 0.05) is 16.6 Å². The Bertz CT molecular complexity index is 1760. The Morgan fingerprint density at radius 1 is 1.13 bits per heavy atom. The second-order valence-electron chi connectivity index (χ2n) is 8.85. The van der Waals surface area contributed by atoms with Crippen LogP contribution >= 0.6 is 11.3 Å². The van der Waals surface area contributed by atoms with Gasteiger partial charge in [-0.2, -0.15) is 0 Å². The summed E-state index contributed by atoms with van der Waals surface area (Å²) in [6.45, 7) is 8.08. The zero-order valence-corrected chi connectivity index (χ0v) is 22.8. The smallest absolute Gasteiger partial charge is 0.338 e. The summed E-state index contributed by atoms with van der Waals surface area (Å²) in [4.78, 5) is 35.7. The third-order valence-electron chi connectivity index (χ3n) is 6.60. The topological polar surface area (TPSA) is 94.9 Å². The average molecular weight is 532 g/mol. The zero-order valence-electron chi connectivity index (χ0n) is 22.0. The highest BCUT2D eigenvalue weighted by Crippen LogP contribution is 2.36. The van der Waals surface area contributed by atoms with Crippen LogP contribution in [0.15, 0.2) is 63.5 Å². The van der Waals surface area contributed by atoms with Crippen LogP contribution in [0.5, 0.6) is 11.5 Å². The molecule has 4 aromatic rings. The number of hydrogen-bond acceptors (Lipinski definition) is 7. The molecule has 0 amide bonds. The normalized spacial score (nSPS) is 15.4. The van der Waals surface area contributed by atoms with Gasteiger partial charge >= 0.3 is 5.97 Å². The molecule has 8 nitrogen and oxygen atoms in total. The highest BCUT2D eigenvalue weighted by Gasteiger charge is 2.34. The van der Waals surface area contributed by atoms with Crippen LogP contribution in [-0.2, 0) is 9.53 Å². The summed E-state index contributed by atoms with van der Waals surface area (Å²) in [5.74, 6) is 0.588. The number of carbonyl (C=O) groups excluding carboxylic acids is 1.